The average Bonchev–Trinajstić information content (AvgIpc) is 2.98. The van der Waals surface area contributed by atoms with Crippen molar-refractivity contribution >= 4 is 34.4 Å². The van der Waals surface area contributed by atoms with E-state index in [2.05, 4.69) is 10.1 Å². The molecule has 0 N–H and O–H groups in total. The zero-order valence-corrected chi connectivity index (χ0v) is 15.4. The Morgan fingerprint density at radius 2 is 1.96 bits per heavy atom. The third-order valence-electron chi connectivity index (χ3n) is 4.46. The summed E-state index contributed by atoms with van der Waals surface area (Å²) in [7, 11) is 3.08. The first-order valence-corrected chi connectivity index (χ1v) is 8.47. The molecule has 0 bridgehead atoms. The van der Waals surface area contributed by atoms with Crippen molar-refractivity contribution in [2.75, 3.05) is 5.01 Å². The standard InChI is InChI=1S/C17H17ClN6O2/c1-10-8-23-13-14(21(2)17(26)22(3)15(13)25)19-16(23)24(20-10)9-11-5-4-6-12(18)7-11/h4-7H,8-9H2,1-3H3. The molecule has 1 aliphatic heterocycles. The third-order valence-corrected chi connectivity index (χ3v) is 4.69. The van der Waals surface area contributed by atoms with E-state index in [0.717, 1.165) is 15.8 Å². The minimum Gasteiger partial charge on any atom is -0.297 e. The number of hydrogen-bond donors (Lipinski definition) is 0. The minimum absolute atomic E-state index is 0.356. The fraction of sp³-hybridized carbons (Fsp3) is 0.294. The molecule has 0 amide bonds. The Balaban J connectivity index is 1.92. The Hall–Kier alpha value is -2.87. The number of anilines is 1. The van der Waals surface area contributed by atoms with Crippen LogP contribution in [0.15, 0.2) is 39.0 Å². The van der Waals surface area contributed by atoms with Crippen LogP contribution in [0.5, 0.6) is 0 Å². The van der Waals surface area contributed by atoms with Gasteiger partial charge in [0.15, 0.2) is 11.2 Å². The van der Waals surface area contributed by atoms with Crippen LogP contribution in [-0.4, -0.2) is 24.4 Å². The molecule has 2 aromatic heterocycles. The maximum atomic E-state index is 12.7. The van der Waals surface area contributed by atoms with Crippen molar-refractivity contribution in [1.82, 2.24) is 18.7 Å². The topological polar surface area (TPSA) is 77.4 Å². The number of aromatic nitrogens is 4. The number of benzene rings is 1. The van der Waals surface area contributed by atoms with Crippen molar-refractivity contribution in [3.8, 4) is 0 Å². The first-order valence-electron chi connectivity index (χ1n) is 8.09. The van der Waals surface area contributed by atoms with Gasteiger partial charge in [0.1, 0.15) is 0 Å². The Kier molecular flexibility index (Phi) is 3.73. The summed E-state index contributed by atoms with van der Waals surface area (Å²) in [6, 6.07) is 7.50. The lowest BCUT2D eigenvalue weighted by Gasteiger charge is -2.25. The van der Waals surface area contributed by atoms with Crippen LogP contribution in [-0.2, 0) is 27.2 Å². The lowest BCUT2D eigenvalue weighted by molar-refractivity contribution is 0.698. The monoisotopic (exact) mass is 372 g/mol. The molecule has 0 atom stereocenters. The summed E-state index contributed by atoms with van der Waals surface area (Å²) < 4.78 is 4.29. The minimum atomic E-state index is -0.406. The summed E-state index contributed by atoms with van der Waals surface area (Å²) >= 11 is 6.07. The molecular formula is C17H17ClN6O2. The predicted octanol–water partition coefficient (Wildman–Crippen LogP) is 1.48. The highest BCUT2D eigenvalue weighted by atomic mass is 35.5. The van der Waals surface area contributed by atoms with Gasteiger partial charge in [-0.05, 0) is 24.6 Å². The number of rotatable bonds is 2. The van der Waals surface area contributed by atoms with Crippen molar-refractivity contribution in [3.63, 3.8) is 0 Å². The molecule has 0 radical (unpaired) electrons. The smallest absolute Gasteiger partial charge is 0.297 e. The van der Waals surface area contributed by atoms with E-state index in [0.29, 0.717) is 35.2 Å². The lowest BCUT2D eigenvalue weighted by atomic mass is 10.2. The van der Waals surface area contributed by atoms with Crippen molar-refractivity contribution in [2.24, 2.45) is 19.2 Å². The molecule has 134 valence electrons. The number of fused-ring (bicyclic) bond motifs is 3. The molecule has 0 saturated heterocycles. The maximum Gasteiger partial charge on any atom is 0.332 e. The molecule has 0 saturated carbocycles. The number of hydrogen-bond acceptors (Lipinski definition) is 5. The molecular weight excluding hydrogens is 356 g/mol. The zero-order valence-electron chi connectivity index (χ0n) is 14.6. The Labute approximate surface area is 153 Å². The number of aryl methyl sites for hydroxylation is 1. The van der Waals surface area contributed by atoms with Gasteiger partial charge in [-0.15, -0.1) is 0 Å². The van der Waals surface area contributed by atoms with Gasteiger partial charge in [0.05, 0.1) is 18.8 Å². The fourth-order valence-electron chi connectivity index (χ4n) is 3.21. The molecule has 8 nitrogen and oxygen atoms in total. The normalized spacial score (nSPS) is 13.8. The molecule has 1 aromatic carbocycles. The Morgan fingerprint density at radius 1 is 1.19 bits per heavy atom. The van der Waals surface area contributed by atoms with Gasteiger partial charge in [-0.3, -0.25) is 18.5 Å². The largest absolute Gasteiger partial charge is 0.332 e. The van der Waals surface area contributed by atoms with Gasteiger partial charge < -0.3 is 0 Å². The summed E-state index contributed by atoms with van der Waals surface area (Å²) in [5, 5.41) is 6.95. The average molecular weight is 373 g/mol. The number of halogens is 1. The van der Waals surface area contributed by atoms with Crippen LogP contribution in [0.1, 0.15) is 12.5 Å². The third kappa shape index (κ3) is 2.45. The first kappa shape index (κ1) is 16.6. The van der Waals surface area contributed by atoms with Crippen molar-refractivity contribution in [2.45, 2.75) is 20.0 Å². The molecule has 3 heterocycles. The van der Waals surface area contributed by atoms with Crippen LogP contribution < -0.4 is 16.3 Å². The van der Waals surface area contributed by atoms with E-state index in [-0.39, 0.29) is 5.56 Å². The van der Waals surface area contributed by atoms with E-state index in [4.69, 9.17) is 11.6 Å². The quantitative estimate of drug-likeness (QED) is 0.682. The van der Waals surface area contributed by atoms with Crippen molar-refractivity contribution < 1.29 is 0 Å². The van der Waals surface area contributed by atoms with Gasteiger partial charge in [0, 0.05) is 19.1 Å². The van der Waals surface area contributed by atoms with E-state index in [1.807, 2.05) is 35.8 Å². The van der Waals surface area contributed by atoms with E-state index < -0.39 is 5.69 Å². The van der Waals surface area contributed by atoms with E-state index in [9.17, 15) is 9.59 Å². The fourth-order valence-corrected chi connectivity index (χ4v) is 3.42. The molecule has 9 heteroatoms. The maximum absolute atomic E-state index is 12.7. The van der Waals surface area contributed by atoms with Crippen molar-refractivity contribution in [3.05, 3.63) is 55.7 Å². The lowest BCUT2D eigenvalue weighted by Crippen LogP contribution is -2.38. The van der Waals surface area contributed by atoms with Gasteiger partial charge in [0.25, 0.3) is 5.56 Å². The van der Waals surface area contributed by atoms with E-state index in [1.54, 1.807) is 12.1 Å². The summed E-state index contributed by atoms with van der Waals surface area (Å²) in [6.07, 6.45) is 0. The van der Waals surface area contributed by atoms with Crippen LogP contribution in [0.2, 0.25) is 5.02 Å². The second-order valence-corrected chi connectivity index (χ2v) is 6.84. The predicted molar refractivity (Wildman–Crippen MR) is 101 cm³/mol. The molecule has 0 aliphatic carbocycles. The number of imidazole rings is 1. The van der Waals surface area contributed by atoms with Crippen LogP contribution in [0, 0.1) is 0 Å². The highest BCUT2D eigenvalue weighted by molar-refractivity contribution is 6.30. The van der Waals surface area contributed by atoms with Gasteiger partial charge in [-0.25, -0.2) is 9.80 Å². The SMILES string of the molecule is CC1=NN(Cc2cccc(Cl)c2)c2nc3c(c(=O)n(C)c(=O)n3C)n2C1. The van der Waals surface area contributed by atoms with Gasteiger partial charge in [0.2, 0.25) is 5.95 Å². The van der Waals surface area contributed by atoms with Gasteiger partial charge in [-0.1, -0.05) is 23.7 Å². The van der Waals surface area contributed by atoms with E-state index >= 15 is 0 Å². The zero-order chi connectivity index (χ0) is 18.6. The van der Waals surface area contributed by atoms with Gasteiger partial charge >= 0.3 is 5.69 Å². The van der Waals surface area contributed by atoms with E-state index in [1.165, 1.54) is 11.6 Å². The molecule has 3 aromatic rings. The molecule has 26 heavy (non-hydrogen) atoms. The molecule has 1 aliphatic rings. The van der Waals surface area contributed by atoms with Crippen LogP contribution in [0.4, 0.5) is 5.95 Å². The second kappa shape index (κ2) is 5.84. The van der Waals surface area contributed by atoms with Crippen LogP contribution in [0.3, 0.4) is 0 Å². The molecule has 0 unspecified atom stereocenters. The number of hydrazone groups is 1. The molecule has 0 fully saturated rings. The summed E-state index contributed by atoms with van der Waals surface area (Å²) in [4.78, 5) is 29.4. The summed E-state index contributed by atoms with van der Waals surface area (Å²) in [5.41, 5.74) is 1.80. The van der Waals surface area contributed by atoms with Gasteiger partial charge in [-0.2, -0.15) is 10.1 Å². The Morgan fingerprint density at radius 3 is 2.69 bits per heavy atom. The second-order valence-electron chi connectivity index (χ2n) is 6.40. The molecule has 4 rings (SSSR count). The highest BCUT2D eigenvalue weighted by Gasteiger charge is 2.26. The summed E-state index contributed by atoms with van der Waals surface area (Å²) in [6.45, 7) is 2.80. The molecule has 0 spiro atoms. The first-order chi connectivity index (χ1) is 12.4. The number of nitrogens with zero attached hydrogens (tertiary/aromatic N) is 6. The van der Waals surface area contributed by atoms with Crippen LogP contribution >= 0.6 is 11.6 Å². The highest BCUT2D eigenvalue weighted by Crippen LogP contribution is 2.25. The van der Waals surface area contributed by atoms with Crippen molar-refractivity contribution in [1.29, 1.82) is 0 Å². The van der Waals surface area contributed by atoms with Crippen LogP contribution in [0.25, 0.3) is 11.2 Å². The summed E-state index contributed by atoms with van der Waals surface area (Å²) in [5.74, 6) is 0.531. The Bertz CT molecular complexity index is 1190.